The zero-order valence-corrected chi connectivity index (χ0v) is 15.1. The van der Waals surface area contributed by atoms with E-state index in [4.69, 9.17) is 0 Å². The molecule has 7 heteroatoms. The van der Waals surface area contributed by atoms with E-state index < -0.39 is 11.8 Å². The number of aromatic nitrogens is 2. The number of nitrogens with zero attached hydrogens (tertiary/aromatic N) is 2. The van der Waals surface area contributed by atoms with E-state index in [1.165, 1.54) is 0 Å². The van der Waals surface area contributed by atoms with Crippen LogP contribution >= 0.6 is 11.3 Å². The topological polar surface area (TPSA) is 76.0 Å². The Hall–Kier alpha value is -2.93. The predicted molar refractivity (Wildman–Crippen MR) is 101 cm³/mol. The molecule has 2 aromatic heterocycles. The van der Waals surface area contributed by atoms with E-state index in [-0.39, 0.29) is 18.6 Å². The lowest BCUT2D eigenvalue weighted by atomic mass is 10.1. The minimum absolute atomic E-state index is 0.145. The van der Waals surface area contributed by atoms with Gasteiger partial charge >= 0.3 is 11.8 Å². The first-order chi connectivity index (χ1) is 12.6. The maximum Gasteiger partial charge on any atom is 0.309 e. The average molecular weight is 368 g/mol. The van der Waals surface area contributed by atoms with Crippen LogP contribution in [0.4, 0.5) is 0 Å². The molecule has 2 amide bonds. The minimum atomic E-state index is -0.651. The van der Waals surface area contributed by atoms with Gasteiger partial charge in [-0.15, -0.1) is 11.3 Å². The van der Waals surface area contributed by atoms with E-state index in [0.717, 1.165) is 10.4 Å². The number of carbonyl (C=O) groups excluding carboxylic acids is 2. The normalized spacial score (nSPS) is 13.0. The SMILES string of the molecule is CC(NC(=O)C(=O)NCC(c1cccs1)n1cccn1)c1ccccc1. The third-order valence-corrected chi connectivity index (χ3v) is 5.00. The van der Waals surface area contributed by atoms with Gasteiger partial charge in [0.2, 0.25) is 0 Å². The van der Waals surface area contributed by atoms with E-state index in [2.05, 4.69) is 15.7 Å². The number of carbonyl (C=O) groups is 2. The molecule has 2 unspecified atom stereocenters. The Balaban J connectivity index is 1.59. The molecule has 1 aromatic carbocycles. The molecule has 3 aromatic rings. The van der Waals surface area contributed by atoms with Gasteiger partial charge in [0.25, 0.3) is 0 Å². The molecule has 6 nitrogen and oxygen atoms in total. The van der Waals surface area contributed by atoms with Gasteiger partial charge in [-0.3, -0.25) is 14.3 Å². The third kappa shape index (κ3) is 4.37. The van der Waals surface area contributed by atoms with Gasteiger partial charge < -0.3 is 10.6 Å². The summed E-state index contributed by atoms with van der Waals surface area (Å²) in [5.74, 6) is -1.30. The smallest absolute Gasteiger partial charge is 0.309 e. The van der Waals surface area contributed by atoms with Crippen molar-refractivity contribution in [2.24, 2.45) is 0 Å². The second-order valence-electron chi connectivity index (χ2n) is 5.83. The summed E-state index contributed by atoms with van der Waals surface area (Å²) in [6.07, 6.45) is 3.53. The Morgan fingerprint density at radius 1 is 1.12 bits per heavy atom. The lowest BCUT2D eigenvalue weighted by Gasteiger charge is -2.18. The highest BCUT2D eigenvalue weighted by Crippen LogP contribution is 2.21. The van der Waals surface area contributed by atoms with Gasteiger partial charge in [-0.2, -0.15) is 5.10 Å². The maximum atomic E-state index is 12.2. The Labute approximate surface area is 155 Å². The minimum Gasteiger partial charge on any atom is -0.345 e. The van der Waals surface area contributed by atoms with Crippen LogP contribution < -0.4 is 10.6 Å². The van der Waals surface area contributed by atoms with Crippen LogP contribution in [0.5, 0.6) is 0 Å². The third-order valence-electron chi connectivity index (χ3n) is 4.03. The number of amides is 2. The summed E-state index contributed by atoms with van der Waals surface area (Å²) in [7, 11) is 0. The van der Waals surface area contributed by atoms with Crippen LogP contribution in [0.1, 0.15) is 29.4 Å². The Morgan fingerprint density at radius 3 is 2.58 bits per heavy atom. The molecule has 0 spiro atoms. The van der Waals surface area contributed by atoms with Crippen LogP contribution in [0.25, 0.3) is 0 Å². The number of rotatable bonds is 6. The highest BCUT2D eigenvalue weighted by atomic mass is 32.1. The monoisotopic (exact) mass is 368 g/mol. The second-order valence-corrected chi connectivity index (χ2v) is 6.81. The summed E-state index contributed by atoms with van der Waals surface area (Å²) in [6, 6.07) is 14.9. The molecule has 0 bridgehead atoms. The van der Waals surface area contributed by atoms with Gasteiger partial charge in [0.15, 0.2) is 0 Å². The van der Waals surface area contributed by atoms with Gasteiger partial charge in [-0.25, -0.2) is 0 Å². The van der Waals surface area contributed by atoms with Crippen molar-refractivity contribution in [2.75, 3.05) is 6.54 Å². The quantitative estimate of drug-likeness (QED) is 0.657. The molecule has 134 valence electrons. The van der Waals surface area contributed by atoms with E-state index >= 15 is 0 Å². The fourth-order valence-electron chi connectivity index (χ4n) is 2.63. The summed E-state index contributed by atoms with van der Waals surface area (Å²) in [4.78, 5) is 25.4. The molecule has 0 fully saturated rings. The first-order valence-electron chi connectivity index (χ1n) is 8.31. The number of benzene rings is 1. The molecule has 0 saturated heterocycles. The van der Waals surface area contributed by atoms with E-state index in [9.17, 15) is 9.59 Å². The molecule has 26 heavy (non-hydrogen) atoms. The summed E-state index contributed by atoms with van der Waals surface area (Å²) in [5.41, 5.74) is 0.946. The summed E-state index contributed by atoms with van der Waals surface area (Å²) >= 11 is 1.58. The molecule has 0 saturated carbocycles. The van der Waals surface area contributed by atoms with Crippen LogP contribution in [0.3, 0.4) is 0 Å². The van der Waals surface area contributed by atoms with Gasteiger partial charge in [-0.05, 0) is 30.0 Å². The van der Waals surface area contributed by atoms with Crippen molar-refractivity contribution in [2.45, 2.75) is 19.0 Å². The first-order valence-corrected chi connectivity index (χ1v) is 9.19. The number of nitrogens with one attached hydrogen (secondary N) is 2. The maximum absolute atomic E-state index is 12.2. The number of thiophene rings is 1. The number of hydrogen-bond donors (Lipinski definition) is 2. The summed E-state index contributed by atoms with van der Waals surface area (Å²) in [6.45, 7) is 2.13. The first kappa shape index (κ1) is 17.9. The molecule has 0 aliphatic heterocycles. The zero-order valence-electron chi connectivity index (χ0n) is 14.3. The van der Waals surface area contributed by atoms with E-state index in [0.29, 0.717) is 0 Å². The van der Waals surface area contributed by atoms with Crippen molar-refractivity contribution in [1.29, 1.82) is 0 Å². The fourth-order valence-corrected chi connectivity index (χ4v) is 3.45. The predicted octanol–water partition coefficient (Wildman–Crippen LogP) is 2.53. The van der Waals surface area contributed by atoms with Crippen molar-refractivity contribution in [1.82, 2.24) is 20.4 Å². The summed E-state index contributed by atoms with van der Waals surface area (Å²) < 4.78 is 1.77. The highest BCUT2D eigenvalue weighted by molar-refractivity contribution is 7.10. The van der Waals surface area contributed by atoms with E-state index in [1.54, 1.807) is 22.2 Å². The zero-order chi connectivity index (χ0) is 18.4. The van der Waals surface area contributed by atoms with Crippen molar-refractivity contribution in [3.05, 3.63) is 76.7 Å². The van der Waals surface area contributed by atoms with E-state index in [1.807, 2.05) is 67.0 Å². The van der Waals surface area contributed by atoms with Crippen molar-refractivity contribution in [3.63, 3.8) is 0 Å². The standard InChI is InChI=1S/C19H20N4O2S/c1-14(15-7-3-2-4-8-15)22-19(25)18(24)20-13-16(17-9-5-12-26-17)23-11-6-10-21-23/h2-12,14,16H,13H2,1H3,(H,20,24)(H,22,25). The molecule has 2 heterocycles. The molecule has 3 rings (SSSR count). The highest BCUT2D eigenvalue weighted by Gasteiger charge is 2.20. The van der Waals surface area contributed by atoms with Crippen molar-refractivity contribution >= 4 is 23.2 Å². The average Bonchev–Trinajstić information content (AvgIpc) is 3.37. The lowest BCUT2D eigenvalue weighted by Crippen LogP contribution is -2.42. The van der Waals surface area contributed by atoms with Crippen molar-refractivity contribution < 1.29 is 9.59 Å². The van der Waals surface area contributed by atoms with Crippen LogP contribution in [-0.4, -0.2) is 28.1 Å². The van der Waals surface area contributed by atoms with Crippen LogP contribution in [0, 0.1) is 0 Å². The fraction of sp³-hybridized carbons (Fsp3) is 0.211. The van der Waals surface area contributed by atoms with Crippen LogP contribution in [0.15, 0.2) is 66.3 Å². The van der Waals surface area contributed by atoms with Gasteiger partial charge in [0.1, 0.15) is 6.04 Å². The Morgan fingerprint density at radius 2 is 1.92 bits per heavy atom. The van der Waals surface area contributed by atoms with Gasteiger partial charge in [0.05, 0.1) is 6.04 Å². The van der Waals surface area contributed by atoms with Gasteiger partial charge in [0, 0.05) is 23.8 Å². The molecule has 0 aliphatic carbocycles. The molecule has 2 atom stereocenters. The van der Waals surface area contributed by atoms with Crippen molar-refractivity contribution in [3.8, 4) is 0 Å². The Kier molecular flexibility index (Phi) is 5.80. The number of hydrogen-bond acceptors (Lipinski definition) is 4. The molecule has 0 radical (unpaired) electrons. The molecule has 0 aliphatic rings. The lowest BCUT2D eigenvalue weighted by molar-refractivity contribution is -0.139. The van der Waals surface area contributed by atoms with Crippen LogP contribution in [-0.2, 0) is 9.59 Å². The molecule has 2 N–H and O–H groups in total. The molecular weight excluding hydrogens is 348 g/mol. The second kappa shape index (κ2) is 8.44. The Bertz CT molecular complexity index is 798. The van der Waals surface area contributed by atoms with Crippen LogP contribution in [0.2, 0.25) is 0 Å². The molecular formula is C19H20N4O2S. The van der Waals surface area contributed by atoms with Gasteiger partial charge in [-0.1, -0.05) is 36.4 Å². The summed E-state index contributed by atoms with van der Waals surface area (Å²) in [5, 5.41) is 11.7. The largest absolute Gasteiger partial charge is 0.345 e.